The highest BCUT2D eigenvalue weighted by Crippen LogP contribution is 2.11. The van der Waals surface area contributed by atoms with Gasteiger partial charge in [-0.05, 0) is 37.0 Å². The van der Waals surface area contributed by atoms with Crippen molar-refractivity contribution >= 4 is 0 Å². The van der Waals surface area contributed by atoms with Crippen LogP contribution in [0, 0.1) is 13.0 Å². The van der Waals surface area contributed by atoms with Gasteiger partial charge in [0.1, 0.15) is 0 Å². The largest absolute Gasteiger partial charge is 0.0613 e. The molecule has 59 valence electrons. The molecule has 1 radical (unpaired) electrons. The van der Waals surface area contributed by atoms with Crippen molar-refractivity contribution in [1.29, 1.82) is 0 Å². The fraction of sp³-hybridized carbons (Fsp3) is 0.455. The van der Waals surface area contributed by atoms with E-state index in [2.05, 4.69) is 39.0 Å². The summed E-state index contributed by atoms with van der Waals surface area (Å²) in [5, 5.41) is 0. The molecule has 0 saturated heterocycles. The summed E-state index contributed by atoms with van der Waals surface area (Å²) < 4.78 is 0. The summed E-state index contributed by atoms with van der Waals surface area (Å²) in [7, 11) is 0. The molecule has 0 aliphatic rings. The molecule has 0 saturated carbocycles. The van der Waals surface area contributed by atoms with Crippen LogP contribution < -0.4 is 0 Å². The zero-order valence-electron chi connectivity index (χ0n) is 7.57. The molecule has 11 heavy (non-hydrogen) atoms. The minimum atomic E-state index is 1.10. The van der Waals surface area contributed by atoms with Gasteiger partial charge in [-0.25, -0.2) is 0 Å². The molecule has 1 aromatic carbocycles. The Labute approximate surface area is 69.3 Å². The van der Waals surface area contributed by atoms with Gasteiger partial charge in [-0.1, -0.05) is 31.5 Å². The van der Waals surface area contributed by atoms with Gasteiger partial charge in [0.25, 0.3) is 0 Å². The van der Waals surface area contributed by atoms with Crippen molar-refractivity contribution in [1.82, 2.24) is 0 Å². The molecule has 0 atom stereocenters. The highest BCUT2D eigenvalue weighted by Gasteiger charge is 1.97. The average molecular weight is 147 g/mol. The second-order valence-electron chi connectivity index (χ2n) is 2.89. The Hall–Kier alpha value is -0.780. The molecule has 0 amide bonds. The molecule has 0 aliphatic carbocycles. The van der Waals surface area contributed by atoms with Gasteiger partial charge in [-0.2, -0.15) is 0 Å². The monoisotopic (exact) mass is 147 g/mol. The third-order valence-electron chi connectivity index (χ3n) is 2.00. The van der Waals surface area contributed by atoms with Gasteiger partial charge in [0.05, 0.1) is 0 Å². The van der Waals surface area contributed by atoms with E-state index in [0.29, 0.717) is 0 Å². The first-order valence-electron chi connectivity index (χ1n) is 4.28. The molecular formula is C11H15. The summed E-state index contributed by atoms with van der Waals surface area (Å²) in [6.07, 6.45) is 2.23. The van der Waals surface area contributed by atoms with Crippen LogP contribution in [0.2, 0.25) is 0 Å². The Balaban J connectivity index is 3.06. The van der Waals surface area contributed by atoms with Crippen LogP contribution in [0.25, 0.3) is 0 Å². The molecule has 0 nitrogen and oxygen atoms in total. The Morgan fingerprint density at radius 1 is 1.27 bits per heavy atom. The number of rotatable bonds is 2. The van der Waals surface area contributed by atoms with E-state index in [9.17, 15) is 0 Å². The predicted octanol–water partition coefficient (Wildman–Crippen LogP) is 2.92. The molecule has 0 heterocycles. The Morgan fingerprint density at radius 3 is 2.55 bits per heavy atom. The van der Waals surface area contributed by atoms with Crippen molar-refractivity contribution in [2.75, 3.05) is 0 Å². The van der Waals surface area contributed by atoms with Crippen molar-refractivity contribution in [3.63, 3.8) is 0 Å². The zero-order valence-corrected chi connectivity index (χ0v) is 7.57. The van der Waals surface area contributed by atoms with Crippen LogP contribution >= 0.6 is 0 Å². The van der Waals surface area contributed by atoms with Gasteiger partial charge in [-0.3, -0.25) is 0 Å². The molecule has 1 aromatic rings. The van der Waals surface area contributed by atoms with E-state index in [1.807, 2.05) is 0 Å². The fourth-order valence-corrected chi connectivity index (χ4v) is 1.34. The van der Waals surface area contributed by atoms with E-state index in [0.717, 1.165) is 12.8 Å². The van der Waals surface area contributed by atoms with Crippen molar-refractivity contribution in [3.8, 4) is 0 Å². The molecule has 0 spiro atoms. The maximum absolute atomic E-state index is 3.31. The highest BCUT2D eigenvalue weighted by molar-refractivity contribution is 5.30. The lowest BCUT2D eigenvalue weighted by atomic mass is 10.0. The van der Waals surface area contributed by atoms with Crippen LogP contribution in [-0.4, -0.2) is 0 Å². The van der Waals surface area contributed by atoms with E-state index < -0.39 is 0 Å². The highest BCUT2D eigenvalue weighted by atomic mass is 14.0. The minimum absolute atomic E-state index is 1.10. The first-order valence-corrected chi connectivity index (χ1v) is 4.28. The predicted molar refractivity (Wildman–Crippen MR) is 48.8 cm³/mol. The van der Waals surface area contributed by atoms with Crippen LogP contribution in [0.15, 0.2) is 12.1 Å². The fourth-order valence-electron chi connectivity index (χ4n) is 1.34. The van der Waals surface area contributed by atoms with Crippen LogP contribution in [0.5, 0.6) is 0 Å². The van der Waals surface area contributed by atoms with Crippen LogP contribution in [0.1, 0.15) is 30.5 Å². The van der Waals surface area contributed by atoms with E-state index in [-0.39, 0.29) is 0 Å². The van der Waals surface area contributed by atoms with Gasteiger partial charge in [0.15, 0.2) is 0 Å². The lowest BCUT2D eigenvalue weighted by Gasteiger charge is -2.04. The van der Waals surface area contributed by atoms with E-state index in [1.54, 1.807) is 0 Å². The van der Waals surface area contributed by atoms with Gasteiger partial charge in [-0.15, -0.1) is 0 Å². The molecule has 0 fully saturated rings. The molecule has 0 heteroatoms. The van der Waals surface area contributed by atoms with Gasteiger partial charge < -0.3 is 0 Å². The van der Waals surface area contributed by atoms with E-state index >= 15 is 0 Å². The molecule has 0 unspecified atom stereocenters. The first-order chi connectivity index (χ1) is 5.27. The summed E-state index contributed by atoms with van der Waals surface area (Å²) >= 11 is 0. The maximum atomic E-state index is 3.31. The SMILES string of the molecule is CCc1[c]cc(C)cc1CC. The topological polar surface area (TPSA) is 0 Å². The van der Waals surface area contributed by atoms with E-state index in [4.69, 9.17) is 0 Å². The Morgan fingerprint density at radius 2 is 2.00 bits per heavy atom. The third kappa shape index (κ3) is 1.83. The zero-order chi connectivity index (χ0) is 8.27. The van der Waals surface area contributed by atoms with Crippen LogP contribution in [0.4, 0.5) is 0 Å². The smallest absolute Gasteiger partial charge is 0.0144 e. The van der Waals surface area contributed by atoms with Gasteiger partial charge >= 0.3 is 0 Å². The van der Waals surface area contributed by atoms with E-state index in [1.165, 1.54) is 16.7 Å². The number of aryl methyl sites for hydroxylation is 3. The summed E-state index contributed by atoms with van der Waals surface area (Å²) in [5.41, 5.74) is 4.14. The van der Waals surface area contributed by atoms with Crippen molar-refractivity contribution < 1.29 is 0 Å². The molecule has 0 aliphatic heterocycles. The Bertz CT molecular complexity index is 236. The molecule has 0 bridgehead atoms. The minimum Gasteiger partial charge on any atom is -0.0613 e. The number of benzene rings is 1. The molecule has 1 rings (SSSR count). The van der Waals surface area contributed by atoms with Gasteiger partial charge in [0, 0.05) is 0 Å². The normalized spacial score (nSPS) is 10.1. The second-order valence-corrected chi connectivity index (χ2v) is 2.89. The second kappa shape index (κ2) is 3.56. The summed E-state index contributed by atoms with van der Waals surface area (Å²) in [4.78, 5) is 0. The maximum Gasteiger partial charge on any atom is -0.0144 e. The Kier molecular flexibility index (Phi) is 2.70. The number of hydrogen-bond donors (Lipinski definition) is 0. The third-order valence-corrected chi connectivity index (χ3v) is 2.00. The quantitative estimate of drug-likeness (QED) is 0.603. The lowest BCUT2D eigenvalue weighted by molar-refractivity contribution is 1.03. The van der Waals surface area contributed by atoms with Crippen LogP contribution in [0.3, 0.4) is 0 Å². The average Bonchev–Trinajstić information content (AvgIpc) is 2.04. The van der Waals surface area contributed by atoms with Gasteiger partial charge in [0.2, 0.25) is 0 Å². The summed E-state index contributed by atoms with van der Waals surface area (Å²) in [6, 6.07) is 7.63. The van der Waals surface area contributed by atoms with Crippen LogP contribution in [-0.2, 0) is 12.8 Å². The number of hydrogen-bond acceptors (Lipinski definition) is 0. The summed E-state index contributed by atoms with van der Waals surface area (Å²) in [6.45, 7) is 6.50. The molecule has 0 aromatic heterocycles. The molecule has 0 N–H and O–H groups in total. The molecular weight excluding hydrogens is 132 g/mol. The lowest BCUT2D eigenvalue weighted by Crippen LogP contribution is -1.91. The van der Waals surface area contributed by atoms with Crippen molar-refractivity contribution in [2.45, 2.75) is 33.6 Å². The summed E-state index contributed by atoms with van der Waals surface area (Å²) in [5.74, 6) is 0. The standard InChI is InChI=1S/C11H15/c1-4-10-7-6-9(3)8-11(10)5-2/h6,8H,4-5H2,1-3H3. The first kappa shape index (κ1) is 8.32. The van der Waals surface area contributed by atoms with Crippen molar-refractivity contribution in [3.05, 3.63) is 34.9 Å². The van der Waals surface area contributed by atoms with Crippen molar-refractivity contribution in [2.24, 2.45) is 0 Å².